The minimum absolute atomic E-state index is 0.340. The summed E-state index contributed by atoms with van der Waals surface area (Å²) in [6.07, 6.45) is 11.2. The summed E-state index contributed by atoms with van der Waals surface area (Å²) in [6, 6.07) is 55.1. The summed E-state index contributed by atoms with van der Waals surface area (Å²) in [5.74, 6) is 0.995. The van der Waals surface area contributed by atoms with E-state index >= 15 is 0 Å². The number of benzene rings is 7. The molecule has 0 bridgehead atoms. The van der Waals surface area contributed by atoms with E-state index in [-0.39, 0.29) is 5.63 Å². The molecule has 1 aromatic heterocycles. The van der Waals surface area contributed by atoms with Crippen LogP contribution < -0.4 is 10.5 Å². The minimum Gasteiger partial charge on any atom is -0.422 e. The first-order valence-corrected chi connectivity index (χ1v) is 20.4. The van der Waals surface area contributed by atoms with Crippen molar-refractivity contribution in [3.05, 3.63) is 174 Å². The molecule has 0 spiro atoms. The molecular formula is C51H47NO2S. The number of aryl methyl sites for hydroxylation is 1. The number of hydrogen-bond donors (Lipinski definition) is 1. The van der Waals surface area contributed by atoms with Gasteiger partial charge >= 0.3 is 5.63 Å². The Morgan fingerprint density at radius 3 is 1.93 bits per heavy atom. The first-order chi connectivity index (χ1) is 27.2. The fourth-order valence-electron chi connectivity index (χ4n) is 7.92. The molecular weight excluding hydrogens is 691 g/mol. The summed E-state index contributed by atoms with van der Waals surface area (Å²) in [5.41, 5.74) is 8.33. The predicted octanol–water partition coefficient (Wildman–Crippen LogP) is 14.5. The molecule has 4 heteroatoms. The number of nitrogens with zero attached hydrogens (tertiary/aromatic N) is 1. The maximum absolute atomic E-state index is 13.9. The van der Waals surface area contributed by atoms with E-state index in [0.717, 1.165) is 62.8 Å². The van der Waals surface area contributed by atoms with Gasteiger partial charge in [0.15, 0.2) is 0 Å². The van der Waals surface area contributed by atoms with Crippen molar-refractivity contribution in [2.24, 2.45) is 0 Å². The molecule has 0 aliphatic rings. The van der Waals surface area contributed by atoms with Crippen molar-refractivity contribution in [2.45, 2.75) is 57.8 Å². The fourth-order valence-corrected chi connectivity index (χ4v) is 8.15. The van der Waals surface area contributed by atoms with Crippen molar-refractivity contribution < 1.29 is 4.42 Å². The molecule has 0 unspecified atom stereocenters. The predicted molar refractivity (Wildman–Crippen MR) is 238 cm³/mol. The molecule has 0 fully saturated rings. The van der Waals surface area contributed by atoms with Crippen molar-refractivity contribution in [1.29, 1.82) is 0 Å². The van der Waals surface area contributed by atoms with Crippen LogP contribution in [0.3, 0.4) is 0 Å². The first kappa shape index (κ1) is 36.4. The normalized spacial score (nSPS) is 11.4. The second-order valence-electron chi connectivity index (χ2n) is 14.6. The average Bonchev–Trinajstić information content (AvgIpc) is 3.23. The third-order valence-electron chi connectivity index (χ3n) is 10.8. The number of rotatable bonds is 15. The van der Waals surface area contributed by atoms with E-state index in [9.17, 15) is 4.79 Å². The van der Waals surface area contributed by atoms with Crippen LogP contribution >= 0.6 is 12.6 Å². The molecule has 0 aliphatic carbocycles. The van der Waals surface area contributed by atoms with Gasteiger partial charge in [-0.15, -0.1) is 0 Å². The van der Waals surface area contributed by atoms with Crippen LogP contribution in [0, 0.1) is 0 Å². The van der Waals surface area contributed by atoms with Gasteiger partial charge in [-0.3, -0.25) is 0 Å². The lowest BCUT2D eigenvalue weighted by Crippen LogP contribution is -2.11. The summed E-state index contributed by atoms with van der Waals surface area (Å²) in [5, 5.41) is 5.53. The van der Waals surface area contributed by atoms with Gasteiger partial charge in [-0.1, -0.05) is 148 Å². The molecule has 0 saturated heterocycles. The number of thiol groups is 1. The van der Waals surface area contributed by atoms with Gasteiger partial charge in [0.25, 0.3) is 0 Å². The standard InChI is InChI=1S/C51H47NO2S/c53-51-48(42-27-26-40(47(34-42)39-18-9-7-10-19-39)20-8-5-3-1-2-4-6-15-32-55)35-43-29-31-45(36-50(43)54-51)52(44-30-28-37-17-11-12-22-41(37)33-44)49-25-16-23-38-21-13-14-24-46(38)49/h7,9-14,16-19,21-31,33-36,55H,1-6,8,15,20,32H2. The molecule has 1 heterocycles. The van der Waals surface area contributed by atoms with E-state index in [1.165, 1.54) is 67.0 Å². The largest absolute Gasteiger partial charge is 0.422 e. The Bertz CT molecular complexity index is 2600. The molecule has 0 radical (unpaired) electrons. The van der Waals surface area contributed by atoms with Crippen LogP contribution in [0.4, 0.5) is 17.1 Å². The Morgan fingerprint density at radius 1 is 0.473 bits per heavy atom. The van der Waals surface area contributed by atoms with Gasteiger partial charge in [-0.25, -0.2) is 4.79 Å². The van der Waals surface area contributed by atoms with Crippen molar-refractivity contribution in [3.8, 4) is 22.3 Å². The highest BCUT2D eigenvalue weighted by atomic mass is 32.1. The topological polar surface area (TPSA) is 33.5 Å². The van der Waals surface area contributed by atoms with Crippen LogP contribution in [0.1, 0.15) is 56.9 Å². The van der Waals surface area contributed by atoms with Gasteiger partial charge in [0.1, 0.15) is 5.58 Å². The highest BCUT2D eigenvalue weighted by Crippen LogP contribution is 2.41. The Morgan fingerprint density at radius 2 is 1.13 bits per heavy atom. The summed E-state index contributed by atoms with van der Waals surface area (Å²) >= 11 is 4.33. The maximum atomic E-state index is 13.9. The van der Waals surface area contributed by atoms with Crippen LogP contribution in [-0.4, -0.2) is 5.75 Å². The molecule has 274 valence electrons. The van der Waals surface area contributed by atoms with Crippen molar-refractivity contribution in [3.63, 3.8) is 0 Å². The lowest BCUT2D eigenvalue weighted by Gasteiger charge is -2.27. The Labute approximate surface area is 329 Å². The summed E-state index contributed by atoms with van der Waals surface area (Å²) in [7, 11) is 0. The molecule has 0 aliphatic heterocycles. The Hall–Kier alpha value is -5.58. The highest BCUT2D eigenvalue weighted by molar-refractivity contribution is 7.80. The van der Waals surface area contributed by atoms with E-state index in [1.807, 2.05) is 12.1 Å². The van der Waals surface area contributed by atoms with E-state index in [1.54, 1.807) is 0 Å². The van der Waals surface area contributed by atoms with E-state index in [4.69, 9.17) is 4.42 Å². The van der Waals surface area contributed by atoms with Gasteiger partial charge < -0.3 is 9.32 Å². The number of anilines is 3. The lowest BCUT2D eigenvalue weighted by molar-refractivity contribution is 0.563. The third-order valence-corrected chi connectivity index (χ3v) is 11.2. The van der Waals surface area contributed by atoms with Gasteiger partial charge in [0, 0.05) is 28.2 Å². The highest BCUT2D eigenvalue weighted by Gasteiger charge is 2.18. The molecule has 0 amide bonds. The Kier molecular flexibility index (Phi) is 11.4. The van der Waals surface area contributed by atoms with E-state index in [2.05, 4.69) is 163 Å². The maximum Gasteiger partial charge on any atom is 0.344 e. The second-order valence-corrected chi connectivity index (χ2v) is 15.0. The fraction of sp³-hybridized carbons (Fsp3) is 0.196. The van der Waals surface area contributed by atoms with Crippen LogP contribution in [0.15, 0.2) is 167 Å². The van der Waals surface area contributed by atoms with Gasteiger partial charge in [0.05, 0.1) is 11.3 Å². The van der Waals surface area contributed by atoms with Crippen LogP contribution in [0.25, 0.3) is 54.8 Å². The number of fused-ring (bicyclic) bond motifs is 3. The Balaban J connectivity index is 1.12. The molecule has 0 N–H and O–H groups in total. The quantitative estimate of drug-likeness (QED) is 0.0646. The van der Waals surface area contributed by atoms with Gasteiger partial charge in [0.2, 0.25) is 0 Å². The van der Waals surface area contributed by atoms with Crippen molar-refractivity contribution >= 4 is 62.2 Å². The van der Waals surface area contributed by atoms with E-state index in [0.29, 0.717) is 11.1 Å². The van der Waals surface area contributed by atoms with Crippen molar-refractivity contribution in [2.75, 3.05) is 10.7 Å². The second kappa shape index (κ2) is 17.3. The number of hydrogen-bond acceptors (Lipinski definition) is 4. The SMILES string of the molecule is O=c1oc2cc(N(c3ccc4ccccc4c3)c3cccc4ccccc34)ccc2cc1-c1ccc(CCCCCCCCCCS)c(-c2ccccc2)c1. The molecule has 7 aromatic carbocycles. The molecule has 8 rings (SSSR count). The van der Waals surface area contributed by atoms with Crippen LogP contribution in [-0.2, 0) is 6.42 Å². The molecule has 3 nitrogen and oxygen atoms in total. The average molecular weight is 738 g/mol. The molecule has 0 atom stereocenters. The summed E-state index contributed by atoms with van der Waals surface area (Å²) in [6.45, 7) is 0. The number of unbranched alkanes of at least 4 members (excludes halogenated alkanes) is 7. The smallest absolute Gasteiger partial charge is 0.344 e. The zero-order chi connectivity index (χ0) is 37.4. The third kappa shape index (κ3) is 8.26. The van der Waals surface area contributed by atoms with Crippen molar-refractivity contribution in [1.82, 2.24) is 0 Å². The molecule has 8 aromatic rings. The zero-order valence-corrected chi connectivity index (χ0v) is 32.2. The van der Waals surface area contributed by atoms with E-state index < -0.39 is 0 Å². The monoisotopic (exact) mass is 737 g/mol. The van der Waals surface area contributed by atoms with Gasteiger partial charge in [-0.05, 0) is 106 Å². The zero-order valence-electron chi connectivity index (χ0n) is 31.3. The van der Waals surface area contributed by atoms with Crippen LogP contribution in [0.2, 0.25) is 0 Å². The summed E-state index contributed by atoms with van der Waals surface area (Å²) < 4.78 is 6.19. The molecule has 55 heavy (non-hydrogen) atoms. The van der Waals surface area contributed by atoms with Crippen LogP contribution in [0.5, 0.6) is 0 Å². The lowest BCUT2D eigenvalue weighted by atomic mass is 9.92. The van der Waals surface area contributed by atoms with Gasteiger partial charge in [-0.2, -0.15) is 12.6 Å². The molecule has 0 saturated carbocycles. The first-order valence-electron chi connectivity index (χ1n) is 19.8. The minimum atomic E-state index is -0.340. The summed E-state index contributed by atoms with van der Waals surface area (Å²) in [4.78, 5) is 16.1.